The summed E-state index contributed by atoms with van der Waals surface area (Å²) < 4.78 is 28.1. The molecule has 0 fully saturated rings. The summed E-state index contributed by atoms with van der Waals surface area (Å²) in [4.78, 5) is 1.49. The molecule has 0 saturated carbocycles. The summed E-state index contributed by atoms with van der Waals surface area (Å²) in [6.45, 7) is 4.46. The van der Waals surface area contributed by atoms with E-state index in [0.29, 0.717) is 11.4 Å². The van der Waals surface area contributed by atoms with Gasteiger partial charge in [-0.15, -0.1) is 11.8 Å². The predicted octanol–water partition coefficient (Wildman–Crippen LogP) is 5.35. The molecule has 3 aromatic carbocycles. The Hall–Kier alpha value is -2.24. The average molecular weight is 396 g/mol. The molecule has 1 aliphatic rings. The number of anilines is 1. The lowest BCUT2D eigenvalue weighted by Crippen LogP contribution is -2.29. The standard InChI is InChI=1S/C22H21NO2S2/c1-16-7-11-18(12-8-16)26-22-15-23(21-6-4-3-5-20(21)22)27(24,25)19-13-9-17(2)10-14-19/h3-14,22H,15H2,1-2H3/t22-/m1/s1. The molecule has 138 valence electrons. The second kappa shape index (κ2) is 7.06. The molecule has 0 unspecified atom stereocenters. The lowest BCUT2D eigenvalue weighted by molar-refractivity contribution is 0.592. The van der Waals surface area contributed by atoms with Crippen molar-refractivity contribution in [2.45, 2.75) is 28.9 Å². The van der Waals surface area contributed by atoms with Gasteiger partial charge in [-0.2, -0.15) is 0 Å². The molecule has 0 spiro atoms. The number of hydrogen-bond donors (Lipinski definition) is 0. The van der Waals surface area contributed by atoms with E-state index in [1.807, 2.05) is 43.3 Å². The van der Waals surface area contributed by atoms with Crippen molar-refractivity contribution in [3.63, 3.8) is 0 Å². The van der Waals surface area contributed by atoms with Crippen LogP contribution in [0.3, 0.4) is 0 Å². The van der Waals surface area contributed by atoms with Gasteiger partial charge in [0.05, 0.1) is 22.4 Å². The van der Waals surface area contributed by atoms with Gasteiger partial charge in [0.25, 0.3) is 10.0 Å². The van der Waals surface area contributed by atoms with Crippen LogP contribution in [0.2, 0.25) is 0 Å². The van der Waals surface area contributed by atoms with E-state index < -0.39 is 10.0 Å². The van der Waals surface area contributed by atoms with Crippen molar-refractivity contribution in [3.8, 4) is 0 Å². The van der Waals surface area contributed by atoms with E-state index in [4.69, 9.17) is 0 Å². The number of hydrogen-bond acceptors (Lipinski definition) is 3. The van der Waals surface area contributed by atoms with Crippen molar-refractivity contribution < 1.29 is 8.42 Å². The van der Waals surface area contributed by atoms with E-state index in [1.54, 1.807) is 28.2 Å². The minimum absolute atomic E-state index is 0.0733. The molecule has 0 saturated heterocycles. The predicted molar refractivity (Wildman–Crippen MR) is 112 cm³/mol. The molecule has 27 heavy (non-hydrogen) atoms. The first-order chi connectivity index (χ1) is 12.9. The number of sulfonamides is 1. The third-order valence-electron chi connectivity index (χ3n) is 4.79. The summed E-state index contributed by atoms with van der Waals surface area (Å²) in [6.07, 6.45) is 0. The first-order valence-electron chi connectivity index (χ1n) is 8.87. The van der Waals surface area contributed by atoms with E-state index in [2.05, 4.69) is 31.2 Å². The highest BCUT2D eigenvalue weighted by molar-refractivity contribution is 7.99. The van der Waals surface area contributed by atoms with Crippen LogP contribution in [-0.2, 0) is 10.0 Å². The van der Waals surface area contributed by atoms with Crippen LogP contribution in [0.25, 0.3) is 0 Å². The number of para-hydroxylation sites is 1. The Morgan fingerprint density at radius 3 is 2.11 bits per heavy atom. The van der Waals surface area contributed by atoms with Gasteiger partial charge in [0.2, 0.25) is 0 Å². The van der Waals surface area contributed by atoms with Crippen molar-refractivity contribution in [2.24, 2.45) is 0 Å². The molecule has 3 aromatic rings. The van der Waals surface area contributed by atoms with E-state index in [0.717, 1.165) is 21.7 Å². The molecule has 1 heterocycles. The first kappa shape index (κ1) is 18.1. The summed E-state index contributed by atoms with van der Waals surface area (Å²) in [5.74, 6) is 0. The highest BCUT2D eigenvalue weighted by Crippen LogP contribution is 2.47. The molecule has 3 nitrogen and oxygen atoms in total. The van der Waals surface area contributed by atoms with Gasteiger partial charge in [0.15, 0.2) is 0 Å². The Kier molecular flexibility index (Phi) is 4.74. The maximum Gasteiger partial charge on any atom is 0.264 e. The minimum Gasteiger partial charge on any atom is -0.265 e. The maximum absolute atomic E-state index is 13.3. The van der Waals surface area contributed by atoms with E-state index in [1.165, 1.54) is 5.56 Å². The van der Waals surface area contributed by atoms with Crippen LogP contribution in [0.5, 0.6) is 0 Å². The normalized spacial score (nSPS) is 16.4. The van der Waals surface area contributed by atoms with Crippen LogP contribution in [0.4, 0.5) is 5.69 Å². The molecular weight excluding hydrogens is 374 g/mol. The smallest absolute Gasteiger partial charge is 0.264 e. The van der Waals surface area contributed by atoms with Gasteiger partial charge < -0.3 is 0 Å². The molecule has 5 heteroatoms. The summed E-state index contributed by atoms with van der Waals surface area (Å²) in [5.41, 5.74) is 4.11. The highest BCUT2D eigenvalue weighted by atomic mass is 32.2. The summed E-state index contributed by atoms with van der Waals surface area (Å²) in [6, 6.07) is 23.2. The number of nitrogens with zero attached hydrogens (tertiary/aromatic N) is 1. The van der Waals surface area contributed by atoms with Crippen LogP contribution in [0.1, 0.15) is 21.9 Å². The van der Waals surface area contributed by atoms with Crippen molar-refractivity contribution in [1.29, 1.82) is 0 Å². The van der Waals surface area contributed by atoms with E-state index >= 15 is 0 Å². The van der Waals surface area contributed by atoms with Gasteiger partial charge in [0.1, 0.15) is 0 Å². The van der Waals surface area contributed by atoms with Gasteiger partial charge in [-0.25, -0.2) is 8.42 Å². The molecule has 0 radical (unpaired) electrons. The topological polar surface area (TPSA) is 37.4 Å². The monoisotopic (exact) mass is 395 g/mol. The molecular formula is C22H21NO2S2. The zero-order chi connectivity index (χ0) is 19.0. The van der Waals surface area contributed by atoms with Gasteiger partial charge in [-0.1, -0.05) is 53.6 Å². The van der Waals surface area contributed by atoms with Crippen LogP contribution in [0, 0.1) is 13.8 Å². The SMILES string of the molecule is Cc1ccc(S[C@@H]2CN(S(=O)(=O)c3ccc(C)cc3)c3ccccc32)cc1. The van der Waals surface area contributed by atoms with Crippen LogP contribution in [0.15, 0.2) is 82.6 Å². The first-order valence-corrected chi connectivity index (χ1v) is 11.2. The lowest BCUT2D eigenvalue weighted by atomic mass is 10.2. The number of aryl methyl sites for hydroxylation is 2. The second-order valence-corrected chi connectivity index (χ2v) is 9.97. The van der Waals surface area contributed by atoms with Gasteiger partial charge in [0, 0.05) is 4.90 Å². The third kappa shape index (κ3) is 3.49. The third-order valence-corrected chi connectivity index (χ3v) is 7.82. The van der Waals surface area contributed by atoms with Crippen LogP contribution >= 0.6 is 11.8 Å². The Bertz CT molecular complexity index is 1060. The molecule has 4 rings (SSSR count). The van der Waals surface area contributed by atoms with Crippen molar-refractivity contribution in [3.05, 3.63) is 89.5 Å². The summed E-state index contributed by atoms with van der Waals surface area (Å²) in [5, 5.41) is 0.0733. The van der Waals surface area contributed by atoms with Crippen LogP contribution < -0.4 is 4.31 Å². The highest BCUT2D eigenvalue weighted by Gasteiger charge is 2.36. The molecule has 0 bridgehead atoms. The second-order valence-electron chi connectivity index (χ2n) is 6.83. The Morgan fingerprint density at radius 2 is 1.44 bits per heavy atom. The van der Waals surface area contributed by atoms with Gasteiger partial charge in [-0.3, -0.25) is 4.31 Å². The molecule has 1 aliphatic heterocycles. The van der Waals surface area contributed by atoms with E-state index in [9.17, 15) is 8.42 Å². The molecule has 0 N–H and O–H groups in total. The lowest BCUT2D eigenvalue weighted by Gasteiger charge is -2.20. The fraction of sp³-hybridized carbons (Fsp3) is 0.182. The van der Waals surface area contributed by atoms with E-state index in [-0.39, 0.29) is 5.25 Å². The Balaban J connectivity index is 1.69. The molecule has 0 aliphatic carbocycles. The number of benzene rings is 3. The van der Waals surface area contributed by atoms with Crippen molar-refractivity contribution >= 4 is 27.5 Å². The van der Waals surface area contributed by atoms with Gasteiger partial charge >= 0.3 is 0 Å². The van der Waals surface area contributed by atoms with Crippen LogP contribution in [-0.4, -0.2) is 15.0 Å². The quantitative estimate of drug-likeness (QED) is 0.598. The van der Waals surface area contributed by atoms with Crippen molar-refractivity contribution in [1.82, 2.24) is 0 Å². The van der Waals surface area contributed by atoms with Crippen molar-refractivity contribution in [2.75, 3.05) is 10.8 Å². The average Bonchev–Trinajstić information content (AvgIpc) is 3.03. The minimum atomic E-state index is -3.58. The zero-order valence-corrected chi connectivity index (χ0v) is 16.9. The maximum atomic E-state index is 13.3. The number of fused-ring (bicyclic) bond motifs is 1. The molecule has 1 atom stereocenters. The largest absolute Gasteiger partial charge is 0.265 e. The number of thioether (sulfide) groups is 1. The Morgan fingerprint density at radius 1 is 0.852 bits per heavy atom. The molecule has 0 aromatic heterocycles. The fourth-order valence-electron chi connectivity index (χ4n) is 3.28. The fourth-order valence-corrected chi connectivity index (χ4v) is 6.05. The number of rotatable bonds is 4. The zero-order valence-electron chi connectivity index (χ0n) is 15.3. The summed E-state index contributed by atoms with van der Waals surface area (Å²) in [7, 11) is -3.58. The molecule has 0 amide bonds. The summed E-state index contributed by atoms with van der Waals surface area (Å²) >= 11 is 1.71. The van der Waals surface area contributed by atoms with Gasteiger partial charge in [-0.05, 0) is 49.7 Å². The Labute approximate surface area is 165 Å².